The zero-order chi connectivity index (χ0) is 17.6. The van der Waals surface area contributed by atoms with E-state index >= 15 is 0 Å². The molecule has 3 heterocycles. The number of pyridine rings is 1. The van der Waals surface area contributed by atoms with Gasteiger partial charge in [0.05, 0.1) is 17.0 Å². The fourth-order valence-corrected chi connectivity index (χ4v) is 3.18. The number of aromatic nitrogens is 2. The molecule has 5 heteroatoms. The van der Waals surface area contributed by atoms with Gasteiger partial charge in [-0.15, -0.1) is 0 Å². The van der Waals surface area contributed by atoms with Crippen molar-refractivity contribution < 1.29 is 14.0 Å². The first-order valence-electron chi connectivity index (χ1n) is 8.12. The van der Waals surface area contributed by atoms with Gasteiger partial charge in [0.15, 0.2) is 5.58 Å². The molecule has 0 atom stereocenters. The molecule has 0 spiro atoms. The van der Waals surface area contributed by atoms with Crippen LogP contribution in [0.5, 0.6) is 0 Å². The second kappa shape index (κ2) is 5.86. The van der Waals surface area contributed by atoms with Gasteiger partial charge in [0.25, 0.3) is 0 Å². The molecule has 0 unspecified atom stereocenters. The molecule has 0 amide bonds. The Morgan fingerprint density at radius 2 is 1.88 bits per heavy atom. The van der Waals surface area contributed by atoms with Gasteiger partial charge in [0, 0.05) is 10.9 Å². The minimum Gasteiger partial charge on any atom is -0.456 e. The Hall–Kier alpha value is -2.92. The summed E-state index contributed by atoms with van der Waals surface area (Å²) < 4.78 is 11.1. The lowest BCUT2D eigenvalue weighted by Crippen LogP contribution is -1.93. The summed E-state index contributed by atoms with van der Waals surface area (Å²) in [5, 5.41) is 14.4. The zero-order valence-electron chi connectivity index (χ0n) is 14.3. The van der Waals surface area contributed by atoms with E-state index in [1.54, 1.807) is 0 Å². The summed E-state index contributed by atoms with van der Waals surface area (Å²) in [7, 11) is 0. The number of aliphatic hydroxyl groups excluding tert-OH is 1. The topological polar surface area (TPSA) is 72.3 Å². The van der Waals surface area contributed by atoms with Gasteiger partial charge < -0.3 is 14.0 Å². The fourth-order valence-electron chi connectivity index (χ4n) is 3.18. The largest absolute Gasteiger partial charge is 0.456 e. The molecular weight excluding hydrogens is 316 g/mol. The van der Waals surface area contributed by atoms with Crippen molar-refractivity contribution in [3.63, 3.8) is 0 Å². The minimum atomic E-state index is -0.150. The van der Waals surface area contributed by atoms with Crippen LogP contribution in [0.15, 0.2) is 45.3 Å². The third kappa shape index (κ3) is 2.53. The molecule has 25 heavy (non-hydrogen) atoms. The molecule has 3 aromatic heterocycles. The Bertz CT molecular complexity index is 1060. The number of nitrogens with zero attached hydrogens (tertiary/aromatic N) is 2. The highest BCUT2D eigenvalue weighted by atomic mass is 16.5. The first-order chi connectivity index (χ1) is 12.1. The van der Waals surface area contributed by atoms with Crippen LogP contribution < -0.4 is 0 Å². The van der Waals surface area contributed by atoms with Gasteiger partial charge in [0.1, 0.15) is 23.8 Å². The third-order valence-electron chi connectivity index (χ3n) is 4.40. The maximum atomic E-state index is 9.46. The average Bonchev–Trinajstić information content (AvgIpc) is 3.17. The van der Waals surface area contributed by atoms with E-state index in [9.17, 15) is 5.11 Å². The van der Waals surface area contributed by atoms with E-state index < -0.39 is 0 Å². The van der Waals surface area contributed by atoms with Gasteiger partial charge >= 0.3 is 0 Å². The van der Waals surface area contributed by atoms with Crippen LogP contribution in [0, 0.1) is 20.8 Å². The molecule has 0 aliphatic rings. The van der Waals surface area contributed by atoms with Gasteiger partial charge in [-0.2, -0.15) is 0 Å². The monoisotopic (exact) mass is 334 g/mol. The lowest BCUT2D eigenvalue weighted by atomic mass is 10.0. The van der Waals surface area contributed by atoms with Crippen LogP contribution in [0.2, 0.25) is 0 Å². The first-order valence-corrected chi connectivity index (χ1v) is 8.12. The number of fused-ring (bicyclic) bond motifs is 1. The van der Waals surface area contributed by atoms with Crippen LogP contribution in [0.25, 0.3) is 33.5 Å². The highest BCUT2D eigenvalue weighted by Gasteiger charge is 2.19. The van der Waals surface area contributed by atoms with Crippen LogP contribution in [-0.2, 0) is 6.61 Å². The Morgan fingerprint density at radius 3 is 2.56 bits per heavy atom. The van der Waals surface area contributed by atoms with Gasteiger partial charge in [-0.3, -0.25) is 0 Å². The summed E-state index contributed by atoms with van der Waals surface area (Å²) in [6.45, 7) is 5.67. The van der Waals surface area contributed by atoms with E-state index in [1.165, 1.54) is 0 Å². The molecule has 0 aliphatic heterocycles. The van der Waals surface area contributed by atoms with Crippen molar-refractivity contribution in [3.05, 3.63) is 59.2 Å². The average molecular weight is 334 g/mol. The van der Waals surface area contributed by atoms with Crippen molar-refractivity contribution >= 4 is 11.0 Å². The molecule has 1 aromatic carbocycles. The number of hydrogen-bond acceptors (Lipinski definition) is 5. The number of hydrogen-bond donors (Lipinski definition) is 1. The van der Waals surface area contributed by atoms with E-state index in [1.807, 2.05) is 57.2 Å². The maximum Gasteiger partial charge on any atom is 0.160 e. The summed E-state index contributed by atoms with van der Waals surface area (Å²) in [6, 6.07) is 11.8. The quantitative estimate of drug-likeness (QED) is 0.594. The smallest absolute Gasteiger partial charge is 0.160 e. The minimum absolute atomic E-state index is 0.150. The molecule has 0 fully saturated rings. The predicted molar refractivity (Wildman–Crippen MR) is 95.1 cm³/mol. The Morgan fingerprint density at radius 1 is 1.08 bits per heavy atom. The first kappa shape index (κ1) is 15.6. The molecule has 0 bridgehead atoms. The Labute approximate surface area is 144 Å². The number of aryl methyl sites for hydroxylation is 3. The molecule has 0 radical (unpaired) electrons. The van der Waals surface area contributed by atoms with Gasteiger partial charge in [-0.05, 0) is 38.5 Å². The van der Waals surface area contributed by atoms with Crippen molar-refractivity contribution in [2.24, 2.45) is 0 Å². The summed E-state index contributed by atoms with van der Waals surface area (Å²) in [5.74, 6) is 1.24. The molecule has 0 aliphatic carbocycles. The number of benzene rings is 1. The van der Waals surface area contributed by atoms with Crippen molar-refractivity contribution in [2.45, 2.75) is 27.4 Å². The number of aliphatic hydroxyl groups is 1. The van der Waals surface area contributed by atoms with E-state index in [4.69, 9.17) is 13.9 Å². The lowest BCUT2D eigenvalue weighted by molar-refractivity contribution is 0.251. The molecule has 0 saturated heterocycles. The van der Waals surface area contributed by atoms with Gasteiger partial charge in [-0.1, -0.05) is 29.4 Å². The summed E-state index contributed by atoms with van der Waals surface area (Å²) in [4.78, 5) is 4.87. The Balaban J connectivity index is 2.06. The van der Waals surface area contributed by atoms with Crippen molar-refractivity contribution in [1.29, 1.82) is 0 Å². The van der Waals surface area contributed by atoms with E-state index in [0.717, 1.165) is 44.9 Å². The predicted octanol–water partition coefficient (Wildman–Crippen LogP) is 4.57. The van der Waals surface area contributed by atoms with Crippen molar-refractivity contribution in [3.8, 4) is 22.5 Å². The summed E-state index contributed by atoms with van der Waals surface area (Å²) in [6.07, 6.45) is 0. The molecule has 1 N–H and O–H groups in total. The second-order valence-electron chi connectivity index (χ2n) is 6.16. The van der Waals surface area contributed by atoms with Crippen LogP contribution in [0.3, 0.4) is 0 Å². The van der Waals surface area contributed by atoms with Crippen LogP contribution in [0.1, 0.15) is 22.8 Å². The number of rotatable bonds is 3. The van der Waals surface area contributed by atoms with Crippen molar-refractivity contribution in [2.75, 3.05) is 0 Å². The molecule has 126 valence electrons. The molecule has 4 aromatic rings. The SMILES string of the molecule is Cc1ccccc1-c1nc(-c2c(C)noc2C)cc2cc(CO)oc12. The van der Waals surface area contributed by atoms with Crippen LogP contribution in [-0.4, -0.2) is 15.2 Å². The summed E-state index contributed by atoms with van der Waals surface area (Å²) in [5.41, 5.74) is 6.01. The van der Waals surface area contributed by atoms with Crippen molar-refractivity contribution in [1.82, 2.24) is 10.1 Å². The zero-order valence-corrected chi connectivity index (χ0v) is 14.3. The molecule has 0 saturated carbocycles. The normalized spacial score (nSPS) is 11.4. The molecule has 5 nitrogen and oxygen atoms in total. The van der Waals surface area contributed by atoms with Gasteiger partial charge in [-0.25, -0.2) is 4.98 Å². The van der Waals surface area contributed by atoms with Crippen LogP contribution in [0.4, 0.5) is 0 Å². The van der Waals surface area contributed by atoms with Crippen LogP contribution >= 0.6 is 0 Å². The molecular formula is C20H18N2O3. The summed E-state index contributed by atoms with van der Waals surface area (Å²) >= 11 is 0. The van der Waals surface area contributed by atoms with E-state index in [0.29, 0.717) is 11.3 Å². The Kier molecular flexibility index (Phi) is 3.66. The van der Waals surface area contributed by atoms with Gasteiger partial charge in [0.2, 0.25) is 0 Å². The fraction of sp³-hybridized carbons (Fsp3) is 0.200. The highest BCUT2D eigenvalue weighted by molar-refractivity contribution is 5.94. The van der Waals surface area contributed by atoms with E-state index in [-0.39, 0.29) is 6.61 Å². The standard InChI is InChI=1S/C20H18N2O3/c1-11-6-4-5-7-16(11)19-20-14(8-15(10-23)24-20)9-17(21-19)18-12(2)22-25-13(18)3/h4-9,23H,10H2,1-3H3. The lowest BCUT2D eigenvalue weighted by Gasteiger charge is -2.08. The maximum absolute atomic E-state index is 9.46. The highest BCUT2D eigenvalue weighted by Crippen LogP contribution is 2.36. The molecule has 4 rings (SSSR count). The van der Waals surface area contributed by atoms with E-state index in [2.05, 4.69) is 5.16 Å². The second-order valence-corrected chi connectivity index (χ2v) is 6.16. The number of furan rings is 1. The third-order valence-corrected chi connectivity index (χ3v) is 4.40.